The van der Waals surface area contributed by atoms with Crippen molar-refractivity contribution >= 4 is 29.8 Å². The molecule has 0 aromatic heterocycles. The Morgan fingerprint density at radius 3 is 2.42 bits per heavy atom. The van der Waals surface area contributed by atoms with Gasteiger partial charge in [-0.2, -0.15) is 5.10 Å². The molecular weight excluding hydrogens is 258 g/mol. The maximum Gasteiger partial charge on any atom is 0.466 e. The predicted octanol–water partition coefficient (Wildman–Crippen LogP) is 2.06. The highest BCUT2D eigenvalue weighted by Gasteiger charge is 2.24. The van der Waals surface area contributed by atoms with Crippen molar-refractivity contribution < 1.29 is 4.65 Å². The number of hydrazone groups is 1. The molecule has 3 nitrogen and oxygen atoms in total. The number of hydrogen-bond acceptors (Lipinski definition) is 3. The van der Waals surface area contributed by atoms with Crippen LogP contribution >= 0.6 is 11.6 Å². The molecule has 0 atom stereocenters. The van der Waals surface area contributed by atoms with Crippen molar-refractivity contribution in [3.8, 4) is 0 Å². The van der Waals surface area contributed by atoms with E-state index in [-0.39, 0.29) is 7.05 Å². The average Bonchev–Trinajstić information content (AvgIpc) is 2.49. The van der Waals surface area contributed by atoms with Gasteiger partial charge >= 0.3 is 7.05 Å². The van der Waals surface area contributed by atoms with Gasteiger partial charge in [0.2, 0.25) is 0 Å². The molecular formula is C14H12BClN2O. The van der Waals surface area contributed by atoms with Gasteiger partial charge in [-0.1, -0.05) is 54.1 Å². The van der Waals surface area contributed by atoms with Gasteiger partial charge in [-0.3, -0.25) is 0 Å². The molecule has 1 heterocycles. The zero-order valence-electron chi connectivity index (χ0n) is 10.2. The fourth-order valence-electron chi connectivity index (χ4n) is 1.96. The van der Waals surface area contributed by atoms with Crippen molar-refractivity contribution in [2.45, 2.75) is 0 Å². The van der Waals surface area contributed by atoms with Gasteiger partial charge in [0, 0.05) is 5.02 Å². The summed E-state index contributed by atoms with van der Waals surface area (Å²) in [6, 6.07) is 17.6. The van der Waals surface area contributed by atoms with Gasteiger partial charge in [-0.25, -0.2) is 0 Å². The van der Waals surface area contributed by atoms with Crippen LogP contribution in [0.1, 0.15) is 5.56 Å². The third kappa shape index (κ3) is 2.80. The maximum absolute atomic E-state index is 5.87. The van der Waals surface area contributed by atoms with Gasteiger partial charge in [-0.05, 0) is 23.2 Å². The van der Waals surface area contributed by atoms with Gasteiger partial charge in [0.25, 0.3) is 0 Å². The second-order valence-corrected chi connectivity index (χ2v) is 4.73. The lowest BCUT2D eigenvalue weighted by Crippen LogP contribution is -2.49. The molecule has 0 saturated heterocycles. The Morgan fingerprint density at radius 1 is 1.05 bits per heavy atom. The lowest BCUT2D eigenvalue weighted by atomic mass is 9.74. The lowest BCUT2D eigenvalue weighted by molar-refractivity contribution is 0.369. The van der Waals surface area contributed by atoms with Gasteiger partial charge in [0.1, 0.15) is 0 Å². The van der Waals surface area contributed by atoms with Gasteiger partial charge < -0.3 is 9.99 Å². The van der Waals surface area contributed by atoms with E-state index in [1.54, 1.807) is 0 Å². The van der Waals surface area contributed by atoms with Crippen LogP contribution in [0.3, 0.4) is 0 Å². The Balaban J connectivity index is 1.75. The first kappa shape index (κ1) is 12.3. The molecule has 94 valence electrons. The minimum Gasteiger partial charge on any atom is -0.406 e. The molecule has 0 radical (unpaired) electrons. The van der Waals surface area contributed by atoms with E-state index in [0.717, 1.165) is 16.7 Å². The van der Waals surface area contributed by atoms with Crippen molar-refractivity contribution in [2.24, 2.45) is 5.10 Å². The van der Waals surface area contributed by atoms with Crippen LogP contribution in [0.2, 0.25) is 5.02 Å². The summed E-state index contributed by atoms with van der Waals surface area (Å²) in [6.07, 6.45) is 0. The fourth-order valence-corrected chi connectivity index (χ4v) is 2.08. The summed E-state index contributed by atoms with van der Waals surface area (Å²) >= 11 is 5.87. The van der Waals surface area contributed by atoms with Crippen LogP contribution < -0.4 is 10.8 Å². The Hall–Kier alpha value is -1.78. The minimum absolute atomic E-state index is 0.218. The Morgan fingerprint density at radius 2 is 1.79 bits per heavy atom. The molecule has 2 aromatic carbocycles. The number of benzene rings is 2. The largest absolute Gasteiger partial charge is 0.466 e. The molecule has 1 aliphatic rings. The van der Waals surface area contributed by atoms with E-state index in [1.165, 1.54) is 0 Å². The predicted molar refractivity (Wildman–Crippen MR) is 78.9 cm³/mol. The topological polar surface area (TPSA) is 33.6 Å². The zero-order chi connectivity index (χ0) is 13.1. The molecule has 0 aliphatic carbocycles. The summed E-state index contributed by atoms with van der Waals surface area (Å²) in [5.74, 6) is 0. The summed E-state index contributed by atoms with van der Waals surface area (Å²) < 4.78 is 5.79. The molecule has 0 spiro atoms. The number of nitrogens with one attached hydrogen (secondary N) is 1. The lowest BCUT2D eigenvalue weighted by Gasteiger charge is -2.20. The van der Waals surface area contributed by atoms with Crippen LogP contribution in [0, 0.1) is 0 Å². The highest BCUT2D eigenvalue weighted by molar-refractivity contribution is 6.65. The van der Waals surface area contributed by atoms with Crippen molar-refractivity contribution in [1.82, 2.24) is 5.34 Å². The third-order valence-corrected chi connectivity index (χ3v) is 3.24. The van der Waals surface area contributed by atoms with Crippen LogP contribution in [0.15, 0.2) is 59.7 Å². The van der Waals surface area contributed by atoms with E-state index in [2.05, 4.69) is 10.4 Å². The number of nitrogens with zero attached hydrogens (tertiary/aromatic N) is 1. The van der Waals surface area contributed by atoms with Crippen LogP contribution in [-0.2, 0) is 4.65 Å². The van der Waals surface area contributed by atoms with Crippen LogP contribution in [0.5, 0.6) is 0 Å². The minimum atomic E-state index is -0.218. The third-order valence-electron chi connectivity index (χ3n) is 2.98. The second kappa shape index (κ2) is 5.47. The summed E-state index contributed by atoms with van der Waals surface area (Å²) in [7, 11) is -0.218. The van der Waals surface area contributed by atoms with Crippen LogP contribution in [-0.4, -0.2) is 19.4 Å². The molecule has 0 amide bonds. The SMILES string of the molecule is Clc1ccc(B2NN=C(c3ccccc3)CO2)cc1. The van der Waals surface area contributed by atoms with E-state index < -0.39 is 0 Å². The quantitative estimate of drug-likeness (QED) is 0.848. The summed E-state index contributed by atoms with van der Waals surface area (Å²) in [5.41, 5.74) is 3.00. The molecule has 5 heteroatoms. The first-order valence-corrected chi connectivity index (χ1v) is 6.45. The molecule has 0 fully saturated rings. The molecule has 1 aliphatic heterocycles. The molecule has 2 aromatic rings. The van der Waals surface area contributed by atoms with E-state index in [1.807, 2.05) is 54.6 Å². The highest BCUT2D eigenvalue weighted by Crippen LogP contribution is 2.07. The van der Waals surface area contributed by atoms with Crippen molar-refractivity contribution in [2.75, 3.05) is 6.61 Å². The van der Waals surface area contributed by atoms with E-state index in [4.69, 9.17) is 16.3 Å². The smallest absolute Gasteiger partial charge is 0.406 e. The van der Waals surface area contributed by atoms with Crippen LogP contribution in [0.25, 0.3) is 0 Å². The Kier molecular flexibility index (Phi) is 3.53. The average molecular weight is 271 g/mol. The monoisotopic (exact) mass is 270 g/mol. The molecule has 1 N–H and O–H groups in total. The van der Waals surface area contributed by atoms with E-state index in [9.17, 15) is 0 Å². The number of halogens is 1. The Bertz CT molecular complexity index is 586. The molecule has 19 heavy (non-hydrogen) atoms. The first-order valence-electron chi connectivity index (χ1n) is 6.07. The summed E-state index contributed by atoms with van der Waals surface area (Å²) in [6.45, 7) is 0.490. The molecule has 0 bridgehead atoms. The second-order valence-electron chi connectivity index (χ2n) is 4.30. The van der Waals surface area contributed by atoms with Crippen molar-refractivity contribution in [3.63, 3.8) is 0 Å². The summed E-state index contributed by atoms with van der Waals surface area (Å²) in [4.78, 5) is 0. The molecule has 0 unspecified atom stereocenters. The Labute approximate surface area is 117 Å². The first-order chi connectivity index (χ1) is 9.33. The van der Waals surface area contributed by atoms with Gasteiger partial charge in [0.05, 0.1) is 12.3 Å². The number of rotatable bonds is 2. The fraction of sp³-hybridized carbons (Fsp3) is 0.0714. The van der Waals surface area contributed by atoms with Gasteiger partial charge in [-0.15, -0.1) is 0 Å². The molecule has 3 rings (SSSR count). The standard InChI is InChI=1S/C14H12BClN2O/c16-13-8-6-12(7-9-13)15-18-17-14(10-19-15)11-4-2-1-3-5-11/h1-9,18H,10H2. The summed E-state index contributed by atoms with van der Waals surface area (Å²) in [5, 5.41) is 8.13. The van der Waals surface area contributed by atoms with Crippen LogP contribution in [0.4, 0.5) is 0 Å². The van der Waals surface area contributed by atoms with Crippen molar-refractivity contribution in [3.05, 3.63) is 65.2 Å². The van der Waals surface area contributed by atoms with Crippen molar-refractivity contribution in [1.29, 1.82) is 0 Å². The maximum atomic E-state index is 5.87. The zero-order valence-corrected chi connectivity index (χ0v) is 11.0. The van der Waals surface area contributed by atoms with E-state index >= 15 is 0 Å². The highest BCUT2D eigenvalue weighted by atomic mass is 35.5. The molecule has 0 saturated carbocycles. The van der Waals surface area contributed by atoms with E-state index in [0.29, 0.717) is 11.6 Å². The normalized spacial score (nSPS) is 14.8. The number of hydrogen-bond donors (Lipinski definition) is 1. The van der Waals surface area contributed by atoms with Gasteiger partial charge in [0.15, 0.2) is 0 Å².